The Bertz CT molecular complexity index is 24.5. The van der Waals surface area contributed by atoms with Gasteiger partial charge >= 0.3 is 67.3 Å². The Morgan fingerprint density at radius 3 is 1.57 bits per heavy atom. The Morgan fingerprint density at radius 2 is 1.57 bits per heavy atom. The van der Waals surface area contributed by atoms with Crippen molar-refractivity contribution in [2.45, 2.75) is 6.92 Å². The van der Waals surface area contributed by atoms with E-state index in [-0.39, 0.29) is 96.1 Å². The molecule has 0 aliphatic carbocycles. The van der Waals surface area contributed by atoms with Gasteiger partial charge in [0.1, 0.15) is 0 Å². The monoisotopic (exact) mass is 166 g/mol. The van der Waals surface area contributed by atoms with Gasteiger partial charge in [-0.25, -0.2) is 0 Å². The SMILES string of the molecule is CCO.Cl.O.[Ca+2].[H-].[H-].[H-].[Na+]. The van der Waals surface area contributed by atoms with Gasteiger partial charge in [-0.2, -0.15) is 0 Å². The number of halogens is 1. The minimum Gasteiger partial charge on any atom is -1.00 e. The van der Waals surface area contributed by atoms with Crippen molar-refractivity contribution in [3.63, 3.8) is 0 Å². The molecule has 7 heavy (non-hydrogen) atoms. The Hall–Kier alpha value is 2.47. The van der Waals surface area contributed by atoms with Crippen LogP contribution in [0.1, 0.15) is 11.2 Å². The molecule has 0 fully saturated rings. The second-order valence-corrected chi connectivity index (χ2v) is 0.316. The van der Waals surface area contributed by atoms with E-state index in [1.54, 1.807) is 6.92 Å². The molecule has 5 heteroatoms. The smallest absolute Gasteiger partial charge is 1.00 e. The molecule has 0 radical (unpaired) electrons. The van der Waals surface area contributed by atoms with Gasteiger partial charge in [-0.1, -0.05) is 0 Å². The second-order valence-electron chi connectivity index (χ2n) is 0.316. The summed E-state index contributed by atoms with van der Waals surface area (Å²) in [6, 6.07) is 0. The van der Waals surface area contributed by atoms with Gasteiger partial charge in [0.2, 0.25) is 0 Å². The predicted molar refractivity (Wildman–Crippen MR) is 32.7 cm³/mol. The Labute approximate surface area is 107 Å². The van der Waals surface area contributed by atoms with Gasteiger partial charge in [-0.3, -0.25) is 0 Å². The van der Waals surface area contributed by atoms with Crippen molar-refractivity contribution in [1.82, 2.24) is 0 Å². The maximum absolute atomic E-state index is 7.57. The van der Waals surface area contributed by atoms with Gasteiger partial charge in [-0.15, -0.1) is 12.4 Å². The van der Waals surface area contributed by atoms with E-state index in [1.165, 1.54) is 0 Å². The van der Waals surface area contributed by atoms with Crippen molar-refractivity contribution in [2.75, 3.05) is 6.61 Å². The molecule has 0 bridgehead atoms. The molecule has 0 unspecified atom stereocenters. The predicted octanol–water partition coefficient (Wildman–Crippen LogP) is -3.44. The topological polar surface area (TPSA) is 51.7 Å². The van der Waals surface area contributed by atoms with Crippen LogP contribution in [0.2, 0.25) is 0 Å². The first-order valence-electron chi connectivity index (χ1n) is 1.02. The van der Waals surface area contributed by atoms with Crippen LogP contribution in [0.15, 0.2) is 0 Å². The zero-order valence-corrected chi connectivity index (χ0v) is 9.79. The Balaban J connectivity index is -0.000000000952. The molecule has 0 aromatic rings. The van der Waals surface area contributed by atoms with Crippen LogP contribution in [0, 0.1) is 0 Å². The standard InChI is InChI=1S/C2H6O.Ca.ClH.Na.H2O.3H/c1-2-3;;;;;;;/h3H,2H2,1H3;;1H;;1H2;;;/q;+2;;+1;;3*-1. The summed E-state index contributed by atoms with van der Waals surface area (Å²) in [4.78, 5) is 0. The molecule has 0 aliphatic rings. The van der Waals surface area contributed by atoms with Crippen LogP contribution in [-0.4, -0.2) is 54.9 Å². The third-order valence-electron chi connectivity index (χ3n) is 0. The molecule has 0 saturated heterocycles. The number of aliphatic hydroxyl groups is 1. The third-order valence-corrected chi connectivity index (χ3v) is 0. The first-order valence-corrected chi connectivity index (χ1v) is 1.02. The summed E-state index contributed by atoms with van der Waals surface area (Å²) in [6.07, 6.45) is 0. The van der Waals surface area contributed by atoms with Crippen LogP contribution in [0.25, 0.3) is 0 Å². The molecule has 0 aromatic heterocycles. The maximum Gasteiger partial charge on any atom is 2.00 e. The molecule has 0 aliphatic heterocycles. The third kappa shape index (κ3) is 58.1. The summed E-state index contributed by atoms with van der Waals surface area (Å²) < 4.78 is 0. The molecular weight excluding hydrogens is 155 g/mol. The molecule has 3 N–H and O–H groups in total. The van der Waals surface area contributed by atoms with E-state index in [2.05, 4.69) is 0 Å². The van der Waals surface area contributed by atoms with Crippen LogP contribution in [-0.2, 0) is 0 Å². The van der Waals surface area contributed by atoms with Crippen molar-refractivity contribution in [3.8, 4) is 0 Å². The number of rotatable bonds is 0. The van der Waals surface area contributed by atoms with Gasteiger partial charge in [0.05, 0.1) is 0 Å². The van der Waals surface area contributed by atoms with Crippen molar-refractivity contribution >= 4 is 50.1 Å². The molecule has 0 saturated carbocycles. The normalized spacial score (nSPS) is 2.57. The largest absolute Gasteiger partial charge is 2.00 e. The van der Waals surface area contributed by atoms with Gasteiger partial charge < -0.3 is 14.9 Å². The quantitative estimate of drug-likeness (QED) is 0.374. The van der Waals surface area contributed by atoms with E-state index in [1.807, 2.05) is 0 Å². The average molecular weight is 167 g/mol. The number of aliphatic hydroxyl groups excluding tert-OH is 1. The van der Waals surface area contributed by atoms with Crippen molar-refractivity contribution < 1.29 is 44.4 Å². The Kier molecular flexibility index (Phi) is 191. The fourth-order valence-corrected chi connectivity index (χ4v) is 0. The van der Waals surface area contributed by atoms with Crippen molar-refractivity contribution in [1.29, 1.82) is 0 Å². The van der Waals surface area contributed by atoms with E-state index in [0.717, 1.165) is 0 Å². The summed E-state index contributed by atoms with van der Waals surface area (Å²) in [5.41, 5.74) is 0. The van der Waals surface area contributed by atoms with Gasteiger partial charge in [0.15, 0.2) is 0 Å². The first kappa shape index (κ1) is 34.0. The van der Waals surface area contributed by atoms with Crippen molar-refractivity contribution in [3.05, 3.63) is 0 Å². The molecule has 0 amide bonds. The summed E-state index contributed by atoms with van der Waals surface area (Å²) in [7, 11) is 0. The average Bonchev–Trinajstić information content (AvgIpc) is 0.918. The molecule has 2 nitrogen and oxygen atoms in total. The van der Waals surface area contributed by atoms with E-state index < -0.39 is 0 Å². The minimum atomic E-state index is 0. The molecular formula is C2H12CaClNaO2. The van der Waals surface area contributed by atoms with Crippen LogP contribution in [0.5, 0.6) is 0 Å². The zero-order chi connectivity index (χ0) is 2.71. The Morgan fingerprint density at radius 1 is 1.57 bits per heavy atom. The van der Waals surface area contributed by atoms with Crippen LogP contribution in [0.3, 0.4) is 0 Å². The summed E-state index contributed by atoms with van der Waals surface area (Å²) in [5, 5.41) is 7.57. The van der Waals surface area contributed by atoms with Crippen LogP contribution in [0.4, 0.5) is 0 Å². The van der Waals surface area contributed by atoms with E-state index in [0.29, 0.717) is 0 Å². The van der Waals surface area contributed by atoms with E-state index in [9.17, 15) is 0 Å². The summed E-state index contributed by atoms with van der Waals surface area (Å²) in [6.45, 7) is 1.93. The fraction of sp³-hybridized carbons (Fsp3) is 1.00. The molecule has 0 aromatic carbocycles. The molecule has 0 spiro atoms. The van der Waals surface area contributed by atoms with Crippen LogP contribution >= 0.6 is 12.4 Å². The fourth-order valence-electron chi connectivity index (χ4n) is 0. The van der Waals surface area contributed by atoms with Crippen molar-refractivity contribution in [2.24, 2.45) is 0 Å². The van der Waals surface area contributed by atoms with Gasteiger partial charge in [-0.05, 0) is 6.92 Å². The molecule has 0 atom stereocenters. The zero-order valence-electron chi connectivity index (χ0n) is 7.77. The first-order chi connectivity index (χ1) is 1.41. The second kappa shape index (κ2) is 39.3. The van der Waals surface area contributed by atoms with E-state index in [4.69, 9.17) is 5.11 Å². The molecule has 42 valence electrons. The molecule has 0 rings (SSSR count). The summed E-state index contributed by atoms with van der Waals surface area (Å²) >= 11 is 0. The maximum atomic E-state index is 7.57. The number of hydrogen-bond donors (Lipinski definition) is 1. The van der Waals surface area contributed by atoms with Gasteiger partial charge in [0, 0.05) is 6.61 Å². The van der Waals surface area contributed by atoms with Gasteiger partial charge in [0.25, 0.3) is 0 Å². The minimum absolute atomic E-state index is 0. The van der Waals surface area contributed by atoms with E-state index >= 15 is 0 Å². The summed E-state index contributed by atoms with van der Waals surface area (Å²) in [5.74, 6) is 0. The molecule has 0 heterocycles. The number of hydrogen-bond acceptors (Lipinski definition) is 1. The van der Waals surface area contributed by atoms with Crippen LogP contribution < -0.4 is 29.6 Å².